The van der Waals surface area contributed by atoms with Crippen molar-refractivity contribution in [2.24, 2.45) is 0 Å². The van der Waals surface area contributed by atoms with Crippen molar-refractivity contribution < 1.29 is 9.90 Å². The number of nitrogens with one attached hydrogen (secondary N) is 2. The minimum Gasteiger partial charge on any atom is -0.396 e. The van der Waals surface area contributed by atoms with E-state index in [1.807, 2.05) is 19.1 Å². The summed E-state index contributed by atoms with van der Waals surface area (Å²) < 4.78 is 0. The van der Waals surface area contributed by atoms with Crippen molar-refractivity contribution in [1.82, 2.24) is 10.6 Å². The van der Waals surface area contributed by atoms with Gasteiger partial charge in [-0.3, -0.25) is 0 Å². The Morgan fingerprint density at radius 3 is 2.55 bits per heavy atom. The largest absolute Gasteiger partial charge is 0.396 e. The maximum Gasteiger partial charge on any atom is 0.315 e. The normalized spacial score (nSPS) is 14.9. The summed E-state index contributed by atoms with van der Waals surface area (Å²) in [5.41, 5.74) is 2.27. The number of amides is 2. The third-order valence-electron chi connectivity index (χ3n) is 3.88. The maximum atomic E-state index is 11.8. The van der Waals surface area contributed by atoms with Gasteiger partial charge in [0.25, 0.3) is 0 Å². The molecule has 1 atom stereocenters. The third-order valence-corrected chi connectivity index (χ3v) is 3.88. The molecule has 1 aliphatic rings. The van der Waals surface area contributed by atoms with Gasteiger partial charge in [0.2, 0.25) is 0 Å². The summed E-state index contributed by atoms with van der Waals surface area (Å²) in [6.45, 7) is 4.50. The van der Waals surface area contributed by atoms with Gasteiger partial charge >= 0.3 is 6.03 Å². The number of carbonyl (C=O) groups excluding carboxylic acids is 1. The monoisotopic (exact) mass is 303 g/mol. The maximum absolute atomic E-state index is 11.8. The zero-order valence-electron chi connectivity index (χ0n) is 13.1. The summed E-state index contributed by atoms with van der Waals surface area (Å²) in [4.78, 5) is 14.1. The number of urea groups is 1. The second kappa shape index (κ2) is 8.44. The van der Waals surface area contributed by atoms with Crippen LogP contribution < -0.4 is 15.5 Å². The molecule has 0 saturated carbocycles. The highest BCUT2D eigenvalue weighted by Gasteiger charge is 2.10. The van der Waals surface area contributed by atoms with Gasteiger partial charge in [0.1, 0.15) is 0 Å². The van der Waals surface area contributed by atoms with Crippen molar-refractivity contribution in [1.29, 1.82) is 0 Å². The van der Waals surface area contributed by atoms with Crippen molar-refractivity contribution in [2.45, 2.75) is 32.4 Å². The highest BCUT2D eigenvalue weighted by Crippen LogP contribution is 2.17. The first-order valence-corrected chi connectivity index (χ1v) is 7.87. The summed E-state index contributed by atoms with van der Waals surface area (Å²) in [6.07, 6.45) is 5.72. The second-order valence-corrected chi connectivity index (χ2v) is 5.49. The van der Waals surface area contributed by atoms with Gasteiger partial charge in [-0.25, -0.2) is 4.79 Å². The lowest BCUT2D eigenvalue weighted by Crippen LogP contribution is -2.41. The molecular formula is C17H25N3O2. The molecule has 1 aromatic carbocycles. The molecule has 0 fully saturated rings. The number of benzene rings is 1. The van der Waals surface area contributed by atoms with Gasteiger partial charge in [0.15, 0.2) is 0 Å². The molecule has 0 saturated heterocycles. The Hall–Kier alpha value is -2.01. The summed E-state index contributed by atoms with van der Waals surface area (Å²) in [7, 11) is 0. The fraction of sp³-hybridized carbons (Fsp3) is 0.471. The Labute approximate surface area is 132 Å². The van der Waals surface area contributed by atoms with E-state index in [0.29, 0.717) is 13.0 Å². The molecule has 1 heterocycles. The zero-order valence-corrected chi connectivity index (χ0v) is 13.1. The van der Waals surface area contributed by atoms with E-state index in [1.54, 1.807) is 0 Å². The molecule has 0 spiro atoms. The lowest BCUT2D eigenvalue weighted by atomic mass is 10.1. The first kappa shape index (κ1) is 16.4. The number of aliphatic hydroxyl groups is 1. The van der Waals surface area contributed by atoms with E-state index in [-0.39, 0.29) is 18.7 Å². The molecule has 0 aliphatic carbocycles. The number of hydrogen-bond acceptors (Lipinski definition) is 3. The number of hydrogen-bond donors (Lipinski definition) is 3. The van der Waals surface area contributed by atoms with E-state index in [0.717, 1.165) is 25.1 Å². The first-order chi connectivity index (χ1) is 10.7. The molecule has 1 unspecified atom stereocenters. The van der Waals surface area contributed by atoms with Gasteiger partial charge in [-0.2, -0.15) is 0 Å². The lowest BCUT2D eigenvalue weighted by Gasteiger charge is -2.18. The van der Waals surface area contributed by atoms with Gasteiger partial charge in [-0.1, -0.05) is 31.2 Å². The van der Waals surface area contributed by atoms with Crippen molar-refractivity contribution in [3.63, 3.8) is 0 Å². The number of rotatable bonds is 7. The second-order valence-electron chi connectivity index (χ2n) is 5.49. The molecular weight excluding hydrogens is 278 g/mol. The van der Waals surface area contributed by atoms with Crippen LogP contribution in [-0.4, -0.2) is 36.9 Å². The zero-order chi connectivity index (χ0) is 15.8. The van der Waals surface area contributed by atoms with Crippen LogP contribution in [0.3, 0.4) is 0 Å². The van der Waals surface area contributed by atoms with E-state index in [1.165, 1.54) is 5.69 Å². The fourth-order valence-electron chi connectivity index (χ4n) is 2.47. The average molecular weight is 303 g/mol. The van der Waals surface area contributed by atoms with E-state index < -0.39 is 0 Å². The summed E-state index contributed by atoms with van der Waals surface area (Å²) >= 11 is 0. The van der Waals surface area contributed by atoms with Crippen molar-refractivity contribution in [2.75, 3.05) is 24.6 Å². The van der Waals surface area contributed by atoms with Crippen molar-refractivity contribution in [3.05, 3.63) is 42.0 Å². The molecule has 0 aromatic heterocycles. The first-order valence-electron chi connectivity index (χ1n) is 7.87. The van der Waals surface area contributed by atoms with Crippen LogP contribution in [0.5, 0.6) is 0 Å². The standard InChI is InChI=1S/C17H25N3O2/c1-2-15(9-12-21)19-17(22)18-13-14-5-7-16(8-6-14)20-10-3-4-11-20/h3-8,15,21H,2,9-13H2,1H3,(H2,18,19,22). The van der Waals surface area contributed by atoms with Crippen LogP contribution in [0, 0.1) is 0 Å². The molecule has 5 heteroatoms. The minimum absolute atomic E-state index is 0.0232. The molecule has 22 heavy (non-hydrogen) atoms. The van der Waals surface area contributed by atoms with Crippen LogP contribution in [0.4, 0.5) is 10.5 Å². The highest BCUT2D eigenvalue weighted by molar-refractivity contribution is 5.74. The molecule has 0 bridgehead atoms. The quantitative estimate of drug-likeness (QED) is 0.675. The SMILES string of the molecule is CCC(CCO)NC(=O)NCc1ccc(N2CC=CC2)cc1. The van der Waals surface area contributed by atoms with Crippen LogP contribution in [0.2, 0.25) is 0 Å². The van der Waals surface area contributed by atoms with Gasteiger partial charge in [0.05, 0.1) is 0 Å². The third kappa shape index (κ3) is 4.77. The summed E-state index contributed by atoms with van der Waals surface area (Å²) in [6, 6.07) is 8.09. The Kier molecular flexibility index (Phi) is 6.27. The number of aliphatic hydroxyl groups excluding tert-OH is 1. The molecule has 2 amide bonds. The van der Waals surface area contributed by atoms with Gasteiger partial charge < -0.3 is 20.6 Å². The smallest absolute Gasteiger partial charge is 0.315 e. The van der Waals surface area contributed by atoms with Gasteiger partial charge in [-0.15, -0.1) is 0 Å². The molecule has 1 aromatic rings. The van der Waals surface area contributed by atoms with E-state index >= 15 is 0 Å². The fourth-order valence-corrected chi connectivity index (χ4v) is 2.47. The summed E-state index contributed by atoms with van der Waals surface area (Å²) in [5.74, 6) is 0. The van der Waals surface area contributed by atoms with E-state index in [4.69, 9.17) is 5.11 Å². The number of carbonyl (C=O) groups is 1. The molecule has 1 aliphatic heterocycles. The van der Waals surface area contributed by atoms with E-state index in [2.05, 4.69) is 39.8 Å². The molecule has 3 N–H and O–H groups in total. The molecule has 0 radical (unpaired) electrons. The van der Waals surface area contributed by atoms with E-state index in [9.17, 15) is 4.79 Å². The Bertz CT molecular complexity index is 491. The lowest BCUT2D eigenvalue weighted by molar-refractivity contribution is 0.227. The van der Waals surface area contributed by atoms with Crippen molar-refractivity contribution >= 4 is 11.7 Å². The van der Waals surface area contributed by atoms with Crippen LogP contribution in [0.1, 0.15) is 25.3 Å². The summed E-state index contributed by atoms with van der Waals surface area (Å²) in [5, 5.41) is 14.6. The number of anilines is 1. The predicted octanol–water partition coefficient (Wildman–Crippen LogP) is 2.02. The van der Waals surface area contributed by atoms with Crippen LogP contribution in [-0.2, 0) is 6.54 Å². The van der Waals surface area contributed by atoms with Gasteiger partial charge in [-0.05, 0) is 30.5 Å². The van der Waals surface area contributed by atoms with Crippen LogP contribution in [0.25, 0.3) is 0 Å². The Balaban J connectivity index is 1.77. The van der Waals surface area contributed by atoms with Crippen LogP contribution in [0.15, 0.2) is 36.4 Å². The number of nitrogens with zero attached hydrogens (tertiary/aromatic N) is 1. The minimum atomic E-state index is -0.187. The van der Waals surface area contributed by atoms with Gasteiger partial charge in [0, 0.05) is 38.0 Å². The molecule has 2 rings (SSSR count). The topological polar surface area (TPSA) is 64.6 Å². The molecule has 120 valence electrons. The predicted molar refractivity (Wildman–Crippen MR) is 88.9 cm³/mol. The van der Waals surface area contributed by atoms with Crippen LogP contribution >= 0.6 is 0 Å². The Morgan fingerprint density at radius 1 is 1.27 bits per heavy atom. The average Bonchev–Trinajstić information content (AvgIpc) is 3.07. The Morgan fingerprint density at radius 2 is 1.95 bits per heavy atom. The van der Waals surface area contributed by atoms with Crippen molar-refractivity contribution in [3.8, 4) is 0 Å². The highest BCUT2D eigenvalue weighted by atomic mass is 16.3. The molecule has 5 nitrogen and oxygen atoms in total.